The highest BCUT2D eigenvalue weighted by atomic mass is 32.2. The minimum atomic E-state index is -1.12. The lowest BCUT2D eigenvalue weighted by molar-refractivity contribution is 0.224. The molecule has 4 nitrogen and oxygen atoms in total. The van der Waals surface area contributed by atoms with Crippen LogP contribution >= 0.6 is 11.8 Å². The summed E-state index contributed by atoms with van der Waals surface area (Å²) in [6, 6.07) is 13.6. The molecule has 1 heterocycles. The van der Waals surface area contributed by atoms with E-state index < -0.39 is 16.9 Å². The lowest BCUT2D eigenvalue weighted by Crippen LogP contribution is -2.20. The fourth-order valence-electron chi connectivity index (χ4n) is 2.30. The molecule has 0 aliphatic rings. The molecule has 24 heavy (non-hydrogen) atoms. The number of aromatic nitrogens is 1. The monoisotopic (exact) mass is 360 g/mol. The van der Waals surface area contributed by atoms with Gasteiger partial charge in [0.15, 0.2) is 0 Å². The van der Waals surface area contributed by atoms with Gasteiger partial charge in [0, 0.05) is 28.0 Å². The number of aliphatic hydroxyl groups is 1. The Morgan fingerprint density at radius 2 is 2.04 bits per heavy atom. The van der Waals surface area contributed by atoms with Crippen LogP contribution in [0.5, 0.6) is 0 Å². The van der Waals surface area contributed by atoms with E-state index in [1.807, 2.05) is 50.2 Å². The van der Waals surface area contributed by atoms with Crippen molar-refractivity contribution in [3.63, 3.8) is 0 Å². The van der Waals surface area contributed by atoms with Crippen LogP contribution in [0, 0.1) is 25.2 Å². The van der Waals surface area contributed by atoms with E-state index in [9.17, 15) is 14.6 Å². The summed E-state index contributed by atoms with van der Waals surface area (Å²) < 4.78 is 12.1. The summed E-state index contributed by atoms with van der Waals surface area (Å²) >= 11 is 1.34. The number of rotatable bonds is 7. The smallest absolute Gasteiger partial charge is 0.114 e. The maximum absolute atomic E-state index is 12.1. The normalized spacial score (nSPS) is 13.2. The van der Waals surface area contributed by atoms with Gasteiger partial charge in [0.2, 0.25) is 0 Å². The molecule has 1 aromatic heterocycles. The summed E-state index contributed by atoms with van der Waals surface area (Å²) in [5, 5.41) is 20.0. The first kappa shape index (κ1) is 18.7. The van der Waals surface area contributed by atoms with Crippen molar-refractivity contribution < 1.29 is 9.32 Å². The molecule has 0 fully saturated rings. The highest BCUT2D eigenvalue weighted by Gasteiger charge is 2.14. The zero-order valence-corrected chi connectivity index (χ0v) is 15.4. The second-order valence-electron chi connectivity index (χ2n) is 5.57. The predicted molar refractivity (Wildman–Crippen MR) is 98.3 cm³/mol. The van der Waals surface area contributed by atoms with Gasteiger partial charge in [-0.15, -0.1) is 11.8 Å². The van der Waals surface area contributed by atoms with Crippen LogP contribution in [0.3, 0.4) is 0 Å². The fraction of sp³-hybridized carbons (Fsp3) is 0.333. The summed E-state index contributed by atoms with van der Waals surface area (Å²) in [4.78, 5) is 4.38. The zero-order valence-electron chi connectivity index (χ0n) is 13.7. The second kappa shape index (κ2) is 8.97. The third-order valence-electron chi connectivity index (χ3n) is 3.38. The van der Waals surface area contributed by atoms with Crippen molar-refractivity contribution in [3.8, 4) is 6.07 Å². The van der Waals surface area contributed by atoms with Crippen LogP contribution in [-0.4, -0.2) is 31.9 Å². The number of pyridine rings is 1. The fourth-order valence-corrected chi connectivity index (χ4v) is 4.71. The molecule has 0 amide bonds. The van der Waals surface area contributed by atoms with Gasteiger partial charge in [0.05, 0.1) is 17.4 Å². The SMILES string of the molecule is Cc1cc(C)c(C#N)c(SC[C@@H](O)C[S@@](=O)Cc2ccccc2)n1. The minimum Gasteiger partial charge on any atom is -0.391 e. The van der Waals surface area contributed by atoms with E-state index >= 15 is 0 Å². The Balaban J connectivity index is 1.91. The van der Waals surface area contributed by atoms with Gasteiger partial charge in [-0.05, 0) is 31.0 Å². The first-order valence-electron chi connectivity index (χ1n) is 7.57. The molecular weight excluding hydrogens is 340 g/mol. The molecule has 0 saturated carbocycles. The maximum atomic E-state index is 12.1. The summed E-state index contributed by atoms with van der Waals surface area (Å²) in [5.74, 6) is 1.02. The topological polar surface area (TPSA) is 74.0 Å². The summed E-state index contributed by atoms with van der Waals surface area (Å²) in [7, 11) is -1.12. The van der Waals surface area contributed by atoms with Crippen LogP contribution in [0.25, 0.3) is 0 Å². The average Bonchev–Trinajstić information content (AvgIpc) is 2.53. The summed E-state index contributed by atoms with van der Waals surface area (Å²) in [6.45, 7) is 3.76. The van der Waals surface area contributed by atoms with Crippen molar-refractivity contribution in [3.05, 3.63) is 58.8 Å². The Bertz CT molecular complexity index is 758. The van der Waals surface area contributed by atoms with E-state index in [1.54, 1.807) is 0 Å². The quantitative estimate of drug-likeness (QED) is 0.769. The first-order valence-corrected chi connectivity index (χ1v) is 10.0. The molecule has 126 valence electrons. The maximum Gasteiger partial charge on any atom is 0.114 e. The van der Waals surface area contributed by atoms with Gasteiger partial charge in [-0.1, -0.05) is 30.3 Å². The third kappa shape index (κ3) is 5.45. The second-order valence-corrected chi connectivity index (χ2v) is 8.08. The number of thioether (sulfide) groups is 1. The Kier molecular flexibility index (Phi) is 6.98. The molecule has 0 radical (unpaired) electrons. The first-order chi connectivity index (χ1) is 11.5. The van der Waals surface area contributed by atoms with E-state index in [-0.39, 0.29) is 5.75 Å². The molecule has 2 atom stereocenters. The van der Waals surface area contributed by atoms with Crippen molar-refractivity contribution >= 4 is 22.6 Å². The Morgan fingerprint density at radius 1 is 1.33 bits per heavy atom. The van der Waals surface area contributed by atoms with Crippen molar-refractivity contribution in [1.82, 2.24) is 4.98 Å². The zero-order chi connectivity index (χ0) is 17.5. The summed E-state index contributed by atoms with van der Waals surface area (Å²) in [5.41, 5.74) is 3.27. The molecule has 2 rings (SSSR count). The standard InChI is InChI=1S/C18H20N2O2S2/c1-13-8-14(2)20-18(17(13)9-19)23-10-16(21)12-24(22)11-15-6-4-3-5-7-15/h3-8,16,21H,10-12H2,1-2H3/t16-,24+/m1/s1. The van der Waals surface area contributed by atoms with Crippen LogP contribution in [-0.2, 0) is 16.6 Å². The number of aliphatic hydroxyl groups excluding tert-OH is 1. The van der Waals surface area contributed by atoms with Gasteiger partial charge >= 0.3 is 0 Å². The van der Waals surface area contributed by atoms with E-state index in [2.05, 4.69) is 11.1 Å². The molecule has 1 aromatic carbocycles. The molecule has 6 heteroatoms. The lowest BCUT2D eigenvalue weighted by Gasteiger charge is -2.12. The number of hydrogen-bond donors (Lipinski definition) is 1. The van der Waals surface area contributed by atoms with E-state index in [0.717, 1.165) is 16.8 Å². The highest BCUT2D eigenvalue weighted by molar-refractivity contribution is 7.99. The molecule has 0 spiro atoms. The number of nitrogens with zero attached hydrogens (tertiary/aromatic N) is 2. The lowest BCUT2D eigenvalue weighted by atomic mass is 10.1. The van der Waals surface area contributed by atoms with Gasteiger partial charge in [-0.2, -0.15) is 5.26 Å². The van der Waals surface area contributed by atoms with Crippen LogP contribution < -0.4 is 0 Å². The van der Waals surface area contributed by atoms with E-state index in [4.69, 9.17) is 0 Å². The average molecular weight is 361 g/mol. The van der Waals surface area contributed by atoms with Crippen LogP contribution in [0.2, 0.25) is 0 Å². The number of aryl methyl sites for hydroxylation is 2. The molecule has 0 saturated heterocycles. The van der Waals surface area contributed by atoms with E-state index in [1.165, 1.54) is 11.8 Å². The minimum absolute atomic E-state index is 0.217. The third-order valence-corrected chi connectivity index (χ3v) is 5.92. The van der Waals surface area contributed by atoms with Crippen LogP contribution in [0.1, 0.15) is 22.4 Å². The number of hydrogen-bond acceptors (Lipinski definition) is 5. The van der Waals surface area contributed by atoms with Crippen LogP contribution in [0.4, 0.5) is 0 Å². The number of benzene rings is 1. The summed E-state index contributed by atoms with van der Waals surface area (Å²) in [6.07, 6.45) is -0.700. The van der Waals surface area contributed by atoms with Crippen molar-refractivity contribution in [2.45, 2.75) is 30.7 Å². The van der Waals surface area contributed by atoms with Crippen molar-refractivity contribution in [1.29, 1.82) is 5.26 Å². The molecule has 0 aliphatic heterocycles. The molecule has 2 aromatic rings. The van der Waals surface area contributed by atoms with Crippen molar-refractivity contribution in [2.24, 2.45) is 0 Å². The number of nitriles is 1. The molecular formula is C18H20N2O2S2. The predicted octanol–water partition coefficient (Wildman–Crippen LogP) is 2.97. The van der Waals surface area contributed by atoms with Gasteiger partial charge in [0.25, 0.3) is 0 Å². The Labute approximate surface area is 149 Å². The molecule has 0 bridgehead atoms. The highest BCUT2D eigenvalue weighted by Crippen LogP contribution is 2.24. The largest absolute Gasteiger partial charge is 0.391 e. The van der Waals surface area contributed by atoms with Crippen LogP contribution in [0.15, 0.2) is 41.4 Å². The van der Waals surface area contributed by atoms with Gasteiger partial charge in [0.1, 0.15) is 11.1 Å². The Morgan fingerprint density at radius 3 is 2.71 bits per heavy atom. The molecule has 0 unspecified atom stereocenters. The molecule has 1 N–H and O–H groups in total. The van der Waals surface area contributed by atoms with E-state index in [0.29, 0.717) is 22.1 Å². The van der Waals surface area contributed by atoms with Gasteiger partial charge < -0.3 is 5.11 Å². The Hall–Kier alpha value is -1.68. The van der Waals surface area contributed by atoms with Gasteiger partial charge in [-0.25, -0.2) is 4.98 Å². The molecule has 0 aliphatic carbocycles. The van der Waals surface area contributed by atoms with Crippen molar-refractivity contribution in [2.75, 3.05) is 11.5 Å². The van der Waals surface area contributed by atoms with Gasteiger partial charge in [-0.3, -0.25) is 4.21 Å².